The standard InChI is InChI=1S/C30H38N2O6/c1-7-31(8-2)27(33)21-13-14-23(26(17-21)36-20-35-6)24-18-30(37-25-12-10-9-11-22(24)25)15-16-32(19-30)28(34)38-29(3,4)5/h9-14,17-18H,7-8,15-16,19-20H2,1-6H3. The number of carbonyl (C=O) groups excluding carboxylic acids is 2. The lowest BCUT2D eigenvalue weighted by molar-refractivity contribution is 0.0248. The lowest BCUT2D eigenvalue weighted by atomic mass is 9.87. The van der Waals surface area contributed by atoms with Crippen LogP contribution in [0.25, 0.3) is 5.57 Å². The number of hydrogen-bond acceptors (Lipinski definition) is 6. The summed E-state index contributed by atoms with van der Waals surface area (Å²) in [5.41, 5.74) is 1.92. The molecule has 1 fully saturated rings. The highest BCUT2D eigenvalue weighted by Gasteiger charge is 2.45. The molecule has 8 nitrogen and oxygen atoms in total. The van der Waals surface area contributed by atoms with Gasteiger partial charge in [0, 0.05) is 49.9 Å². The third-order valence-electron chi connectivity index (χ3n) is 6.71. The minimum Gasteiger partial charge on any atom is -0.481 e. The molecule has 0 aromatic heterocycles. The number of benzene rings is 2. The highest BCUT2D eigenvalue weighted by molar-refractivity contribution is 5.96. The number of carbonyl (C=O) groups is 2. The molecule has 2 aromatic rings. The highest BCUT2D eigenvalue weighted by atomic mass is 16.7. The summed E-state index contributed by atoms with van der Waals surface area (Å²) < 4.78 is 23.3. The van der Waals surface area contributed by atoms with Crippen molar-refractivity contribution in [2.45, 2.75) is 52.2 Å². The first kappa shape index (κ1) is 27.5. The van der Waals surface area contributed by atoms with E-state index in [1.807, 2.05) is 71.0 Å². The number of hydrogen-bond donors (Lipinski definition) is 0. The van der Waals surface area contributed by atoms with Crippen molar-refractivity contribution < 1.29 is 28.5 Å². The average molecular weight is 523 g/mol. The second-order valence-electron chi connectivity index (χ2n) is 10.6. The minimum absolute atomic E-state index is 0.0406. The fraction of sp³-hybridized carbons (Fsp3) is 0.467. The largest absolute Gasteiger partial charge is 0.481 e. The van der Waals surface area contributed by atoms with Gasteiger partial charge in [0.2, 0.25) is 0 Å². The van der Waals surface area contributed by atoms with E-state index in [0.717, 1.165) is 22.4 Å². The first-order valence-electron chi connectivity index (χ1n) is 13.1. The first-order valence-corrected chi connectivity index (χ1v) is 13.1. The molecule has 2 aliphatic heterocycles. The molecule has 1 atom stereocenters. The molecule has 0 N–H and O–H groups in total. The summed E-state index contributed by atoms with van der Waals surface area (Å²) in [6, 6.07) is 13.4. The molecule has 2 aromatic carbocycles. The fourth-order valence-corrected chi connectivity index (χ4v) is 4.89. The highest BCUT2D eigenvalue weighted by Crippen LogP contribution is 2.45. The van der Waals surface area contributed by atoms with Gasteiger partial charge in [0.15, 0.2) is 6.79 Å². The van der Waals surface area contributed by atoms with Crippen LogP contribution in [0.15, 0.2) is 48.5 Å². The second kappa shape index (κ2) is 11.1. The van der Waals surface area contributed by atoms with Crippen molar-refractivity contribution in [3.8, 4) is 11.5 Å². The number of para-hydroxylation sites is 1. The van der Waals surface area contributed by atoms with Crippen LogP contribution >= 0.6 is 0 Å². The van der Waals surface area contributed by atoms with Crippen LogP contribution in [-0.4, -0.2) is 73.1 Å². The SMILES string of the molecule is CCN(CC)C(=O)c1ccc(C2=CC3(CCN(C(=O)OC(C)(C)C)C3)Oc3ccccc32)c(OCOC)c1. The molecule has 2 heterocycles. The van der Waals surface area contributed by atoms with Crippen LogP contribution < -0.4 is 9.47 Å². The van der Waals surface area contributed by atoms with Crippen molar-refractivity contribution in [3.63, 3.8) is 0 Å². The molecule has 1 spiro atoms. The van der Waals surface area contributed by atoms with E-state index in [0.29, 0.717) is 43.9 Å². The van der Waals surface area contributed by atoms with E-state index in [2.05, 4.69) is 6.08 Å². The molecule has 204 valence electrons. The Labute approximate surface area is 225 Å². The average Bonchev–Trinajstić information content (AvgIpc) is 3.29. The monoisotopic (exact) mass is 522 g/mol. The van der Waals surface area contributed by atoms with Crippen LogP contribution in [-0.2, 0) is 9.47 Å². The number of amides is 2. The van der Waals surface area contributed by atoms with Gasteiger partial charge in [-0.2, -0.15) is 0 Å². The van der Waals surface area contributed by atoms with E-state index < -0.39 is 11.2 Å². The molecule has 1 saturated heterocycles. The van der Waals surface area contributed by atoms with E-state index in [4.69, 9.17) is 18.9 Å². The predicted octanol–water partition coefficient (Wildman–Crippen LogP) is 5.36. The van der Waals surface area contributed by atoms with Crippen LogP contribution in [0.4, 0.5) is 4.79 Å². The Kier molecular flexibility index (Phi) is 8.02. The normalized spacial score (nSPS) is 18.5. The van der Waals surface area contributed by atoms with Crippen LogP contribution in [0.1, 0.15) is 62.5 Å². The minimum atomic E-state index is -0.713. The number of rotatable bonds is 7. The number of ether oxygens (including phenoxy) is 4. The molecule has 38 heavy (non-hydrogen) atoms. The molecule has 0 bridgehead atoms. The fourth-order valence-electron chi connectivity index (χ4n) is 4.89. The van der Waals surface area contributed by atoms with Crippen molar-refractivity contribution >= 4 is 17.6 Å². The molecular formula is C30H38N2O6. The lowest BCUT2D eigenvalue weighted by Crippen LogP contribution is -2.42. The van der Waals surface area contributed by atoms with E-state index >= 15 is 0 Å². The maximum atomic E-state index is 13.1. The Bertz CT molecular complexity index is 1210. The Morgan fingerprint density at radius 3 is 2.50 bits per heavy atom. The van der Waals surface area contributed by atoms with Crippen molar-refractivity contribution in [1.29, 1.82) is 0 Å². The lowest BCUT2D eigenvalue weighted by Gasteiger charge is -2.34. The summed E-state index contributed by atoms with van der Waals surface area (Å²) in [7, 11) is 1.56. The Hall–Kier alpha value is -3.52. The van der Waals surface area contributed by atoms with Gasteiger partial charge in [-0.25, -0.2) is 4.79 Å². The number of fused-ring (bicyclic) bond motifs is 1. The molecule has 0 aliphatic carbocycles. The number of methoxy groups -OCH3 is 1. The van der Waals surface area contributed by atoms with Gasteiger partial charge in [-0.05, 0) is 70.5 Å². The van der Waals surface area contributed by atoms with Gasteiger partial charge in [-0.3, -0.25) is 4.79 Å². The van der Waals surface area contributed by atoms with Crippen LogP contribution in [0.3, 0.4) is 0 Å². The van der Waals surface area contributed by atoms with Crippen molar-refractivity contribution in [2.24, 2.45) is 0 Å². The summed E-state index contributed by atoms with van der Waals surface area (Å²) in [6.45, 7) is 11.7. The zero-order valence-corrected chi connectivity index (χ0v) is 23.2. The van der Waals surface area contributed by atoms with Gasteiger partial charge in [-0.15, -0.1) is 0 Å². The molecule has 2 amide bonds. The van der Waals surface area contributed by atoms with Gasteiger partial charge in [0.25, 0.3) is 5.91 Å². The van der Waals surface area contributed by atoms with Gasteiger partial charge < -0.3 is 28.7 Å². The first-order chi connectivity index (χ1) is 18.1. The Morgan fingerprint density at radius 2 is 1.82 bits per heavy atom. The molecule has 1 unspecified atom stereocenters. The third kappa shape index (κ3) is 5.80. The summed E-state index contributed by atoms with van der Waals surface area (Å²) >= 11 is 0. The van der Waals surface area contributed by atoms with Crippen LogP contribution in [0.5, 0.6) is 11.5 Å². The topological polar surface area (TPSA) is 77.5 Å². The molecule has 2 aliphatic rings. The predicted molar refractivity (Wildman–Crippen MR) is 146 cm³/mol. The molecular weight excluding hydrogens is 484 g/mol. The summed E-state index contributed by atoms with van der Waals surface area (Å²) in [6.07, 6.45) is 2.35. The summed E-state index contributed by atoms with van der Waals surface area (Å²) in [4.78, 5) is 29.4. The van der Waals surface area contributed by atoms with Crippen LogP contribution in [0, 0.1) is 0 Å². The molecule has 4 rings (SSSR count). The van der Waals surface area contributed by atoms with Gasteiger partial charge in [0.05, 0.1) is 6.54 Å². The smallest absolute Gasteiger partial charge is 0.410 e. The third-order valence-corrected chi connectivity index (χ3v) is 6.71. The van der Waals surface area contributed by atoms with Gasteiger partial charge in [-0.1, -0.05) is 18.2 Å². The molecule has 0 radical (unpaired) electrons. The van der Waals surface area contributed by atoms with Crippen LogP contribution in [0.2, 0.25) is 0 Å². The van der Waals surface area contributed by atoms with E-state index in [-0.39, 0.29) is 18.8 Å². The van der Waals surface area contributed by atoms with E-state index in [1.165, 1.54) is 0 Å². The number of likely N-dealkylation sites (tertiary alicyclic amines) is 1. The van der Waals surface area contributed by atoms with Gasteiger partial charge >= 0.3 is 6.09 Å². The summed E-state index contributed by atoms with van der Waals surface area (Å²) in [5.74, 6) is 1.23. The molecule has 0 saturated carbocycles. The van der Waals surface area contributed by atoms with Crippen molar-refractivity contribution in [3.05, 3.63) is 65.2 Å². The maximum absolute atomic E-state index is 13.1. The van der Waals surface area contributed by atoms with E-state index in [1.54, 1.807) is 23.0 Å². The second-order valence-corrected chi connectivity index (χ2v) is 10.6. The Balaban J connectivity index is 1.75. The zero-order chi connectivity index (χ0) is 27.5. The Morgan fingerprint density at radius 1 is 1.08 bits per heavy atom. The van der Waals surface area contributed by atoms with Crippen molar-refractivity contribution in [1.82, 2.24) is 9.80 Å². The van der Waals surface area contributed by atoms with Gasteiger partial charge in [0.1, 0.15) is 22.7 Å². The summed E-state index contributed by atoms with van der Waals surface area (Å²) in [5, 5.41) is 0. The maximum Gasteiger partial charge on any atom is 0.410 e. The number of nitrogens with zero attached hydrogens (tertiary/aromatic N) is 2. The quantitative estimate of drug-likeness (QED) is 0.456. The zero-order valence-electron chi connectivity index (χ0n) is 23.2. The molecule has 8 heteroatoms. The van der Waals surface area contributed by atoms with E-state index in [9.17, 15) is 9.59 Å². The van der Waals surface area contributed by atoms with Crippen molar-refractivity contribution in [2.75, 3.05) is 40.1 Å².